The molecule has 0 amide bonds. The third-order valence-corrected chi connectivity index (χ3v) is 7.53. The number of rotatable bonds is 5. The molecule has 0 bridgehead atoms. The quantitative estimate of drug-likeness (QED) is 0.446. The number of nitrogens with zero attached hydrogens (tertiary/aromatic N) is 2. The molecule has 28 heavy (non-hydrogen) atoms. The number of thiazole rings is 1. The Labute approximate surface area is 172 Å². The van der Waals surface area contributed by atoms with Gasteiger partial charge >= 0.3 is 0 Å². The molecule has 0 unspecified atom stereocenters. The first-order valence-electron chi connectivity index (χ1n) is 9.67. The molecular formula is C22H23N3OS2. The zero-order valence-electron chi connectivity index (χ0n) is 15.9. The van der Waals surface area contributed by atoms with Crippen molar-refractivity contribution >= 4 is 44.2 Å². The van der Waals surface area contributed by atoms with E-state index in [1.165, 1.54) is 36.9 Å². The fourth-order valence-corrected chi connectivity index (χ4v) is 5.42. The zero-order valence-corrected chi connectivity index (χ0v) is 17.5. The van der Waals surface area contributed by atoms with Crippen LogP contribution in [0.4, 0.5) is 0 Å². The van der Waals surface area contributed by atoms with Crippen molar-refractivity contribution in [3.8, 4) is 10.9 Å². The maximum Gasteiger partial charge on any atom is 0.279 e. The maximum absolute atomic E-state index is 6.03. The van der Waals surface area contributed by atoms with Gasteiger partial charge in [-0.15, -0.1) is 0 Å². The topological polar surface area (TPSA) is 41.2 Å². The van der Waals surface area contributed by atoms with Gasteiger partial charge in [-0.3, -0.25) is 4.90 Å². The fourth-order valence-electron chi connectivity index (χ4n) is 3.90. The van der Waals surface area contributed by atoms with Crippen LogP contribution in [0.5, 0.6) is 10.9 Å². The zero-order chi connectivity index (χ0) is 18.9. The van der Waals surface area contributed by atoms with Gasteiger partial charge in [0.1, 0.15) is 5.75 Å². The summed E-state index contributed by atoms with van der Waals surface area (Å²) in [6.45, 7) is 3.40. The highest BCUT2D eigenvalue weighted by Gasteiger charge is 2.19. The molecule has 0 aliphatic carbocycles. The number of fused-ring (bicyclic) bond motifs is 2. The summed E-state index contributed by atoms with van der Waals surface area (Å²) in [5, 5.41) is 2.80. The molecule has 1 saturated heterocycles. The van der Waals surface area contributed by atoms with E-state index in [1.807, 2.05) is 36.0 Å². The summed E-state index contributed by atoms with van der Waals surface area (Å²) in [7, 11) is 0. The lowest BCUT2D eigenvalue weighted by atomic mass is 10.1. The Kier molecular flexibility index (Phi) is 5.01. The number of hydrogen-bond acceptors (Lipinski definition) is 5. The molecule has 1 N–H and O–H groups in total. The van der Waals surface area contributed by atoms with Gasteiger partial charge in [-0.25, -0.2) is 4.98 Å². The van der Waals surface area contributed by atoms with Crippen LogP contribution in [0.3, 0.4) is 0 Å². The summed E-state index contributed by atoms with van der Waals surface area (Å²) < 4.78 is 7.17. The number of piperidine rings is 1. The number of nitrogens with one attached hydrogen (secondary N) is 1. The normalized spacial score (nSPS) is 16.2. The van der Waals surface area contributed by atoms with Crippen molar-refractivity contribution in [2.75, 3.05) is 19.3 Å². The number of hydrogen-bond donors (Lipinski definition) is 1. The molecule has 4 aromatic rings. The van der Waals surface area contributed by atoms with Crippen LogP contribution in [-0.4, -0.2) is 39.5 Å². The minimum atomic E-state index is 0.684. The SMILES string of the molecule is CSC1CCN(Cc2c[nH]c3cc(Oc4nc5ccccc5s4)ccc23)CC1. The third kappa shape index (κ3) is 3.64. The molecule has 0 atom stereocenters. The van der Waals surface area contributed by atoms with Crippen LogP contribution in [0, 0.1) is 0 Å². The van der Waals surface area contributed by atoms with E-state index in [0.717, 1.165) is 33.3 Å². The van der Waals surface area contributed by atoms with Crippen LogP contribution in [0.2, 0.25) is 0 Å². The minimum absolute atomic E-state index is 0.684. The Morgan fingerprint density at radius 2 is 2.07 bits per heavy atom. The van der Waals surface area contributed by atoms with Crippen LogP contribution >= 0.6 is 23.1 Å². The molecule has 0 spiro atoms. The van der Waals surface area contributed by atoms with Crippen molar-refractivity contribution < 1.29 is 4.74 Å². The molecule has 5 rings (SSSR count). The first-order chi connectivity index (χ1) is 13.8. The number of thioether (sulfide) groups is 1. The summed E-state index contributed by atoms with van der Waals surface area (Å²) in [6.07, 6.45) is 6.97. The van der Waals surface area contributed by atoms with Crippen molar-refractivity contribution in [2.45, 2.75) is 24.6 Å². The molecule has 6 heteroatoms. The molecule has 1 fully saturated rings. The van der Waals surface area contributed by atoms with Gasteiger partial charge in [0.2, 0.25) is 0 Å². The second-order valence-corrected chi connectivity index (χ2v) is 9.41. The van der Waals surface area contributed by atoms with Crippen molar-refractivity contribution in [1.82, 2.24) is 14.9 Å². The highest BCUT2D eigenvalue weighted by atomic mass is 32.2. The molecule has 0 saturated carbocycles. The first kappa shape index (κ1) is 18.0. The number of para-hydroxylation sites is 1. The predicted molar refractivity (Wildman–Crippen MR) is 120 cm³/mol. The number of ether oxygens (including phenoxy) is 1. The summed E-state index contributed by atoms with van der Waals surface area (Å²) >= 11 is 3.59. The Morgan fingerprint density at radius 1 is 1.21 bits per heavy atom. The predicted octanol–water partition coefficient (Wildman–Crippen LogP) is 5.90. The van der Waals surface area contributed by atoms with E-state index in [2.05, 4.69) is 45.5 Å². The summed E-state index contributed by atoms with van der Waals surface area (Å²) in [5.41, 5.74) is 3.47. The third-order valence-electron chi connectivity index (χ3n) is 5.48. The van der Waals surface area contributed by atoms with Crippen molar-refractivity contribution in [3.63, 3.8) is 0 Å². The molecule has 1 aliphatic heterocycles. The van der Waals surface area contributed by atoms with Crippen LogP contribution in [0.1, 0.15) is 18.4 Å². The van der Waals surface area contributed by atoms with Crippen LogP contribution < -0.4 is 4.74 Å². The highest BCUT2D eigenvalue weighted by Crippen LogP contribution is 2.33. The lowest BCUT2D eigenvalue weighted by Gasteiger charge is -2.30. The fraction of sp³-hybridized carbons (Fsp3) is 0.318. The molecule has 2 aromatic carbocycles. The smallest absolute Gasteiger partial charge is 0.279 e. The monoisotopic (exact) mass is 409 g/mol. The summed E-state index contributed by atoms with van der Waals surface area (Å²) in [5.74, 6) is 0.820. The molecule has 3 heterocycles. The molecule has 4 nitrogen and oxygen atoms in total. The Balaban J connectivity index is 1.32. The number of likely N-dealkylation sites (tertiary alicyclic amines) is 1. The van der Waals surface area contributed by atoms with E-state index in [9.17, 15) is 0 Å². The van der Waals surface area contributed by atoms with Crippen LogP contribution in [0.15, 0.2) is 48.7 Å². The van der Waals surface area contributed by atoms with Crippen molar-refractivity contribution in [2.24, 2.45) is 0 Å². The lowest BCUT2D eigenvalue weighted by molar-refractivity contribution is 0.225. The van der Waals surface area contributed by atoms with Gasteiger partial charge in [0.15, 0.2) is 0 Å². The van der Waals surface area contributed by atoms with E-state index < -0.39 is 0 Å². The Hall–Kier alpha value is -2.02. The molecular weight excluding hydrogens is 386 g/mol. The van der Waals surface area contributed by atoms with Crippen LogP contribution in [-0.2, 0) is 6.54 Å². The molecule has 2 aromatic heterocycles. The second kappa shape index (κ2) is 7.78. The van der Waals surface area contributed by atoms with Crippen molar-refractivity contribution in [1.29, 1.82) is 0 Å². The van der Waals surface area contributed by atoms with Gasteiger partial charge in [-0.05, 0) is 62.0 Å². The largest absolute Gasteiger partial charge is 0.431 e. The second-order valence-electron chi connectivity index (χ2n) is 7.28. The maximum atomic E-state index is 6.03. The first-order valence-corrected chi connectivity index (χ1v) is 11.8. The number of aromatic nitrogens is 2. The number of H-pyrrole nitrogens is 1. The Morgan fingerprint density at radius 3 is 2.89 bits per heavy atom. The van der Waals surface area contributed by atoms with Crippen LogP contribution in [0.25, 0.3) is 21.1 Å². The van der Waals surface area contributed by atoms with Gasteiger partial charge in [0.25, 0.3) is 5.19 Å². The Bertz CT molecular complexity index is 1060. The average Bonchev–Trinajstić information content (AvgIpc) is 3.32. The molecule has 1 aliphatic rings. The number of aromatic amines is 1. The van der Waals surface area contributed by atoms with Gasteiger partial charge < -0.3 is 9.72 Å². The van der Waals surface area contributed by atoms with E-state index in [1.54, 1.807) is 11.3 Å². The average molecular weight is 410 g/mol. The van der Waals surface area contributed by atoms with Gasteiger partial charge in [-0.2, -0.15) is 11.8 Å². The molecule has 0 radical (unpaired) electrons. The van der Waals surface area contributed by atoms with Gasteiger partial charge in [0.05, 0.1) is 10.2 Å². The van der Waals surface area contributed by atoms with E-state index >= 15 is 0 Å². The lowest BCUT2D eigenvalue weighted by Crippen LogP contribution is -2.34. The van der Waals surface area contributed by atoms with E-state index in [0.29, 0.717) is 5.19 Å². The minimum Gasteiger partial charge on any atom is -0.431 e. The van der Waals surface area contributed by atoms with E-state index in [-0.39, 0.29) is 0 Å². The van der Waals surface area contributed by atoms with Gasteiger partial charge in [0, 0.05) is 35.0 Å². The van der Waals surface area contributed by atoms with Crippen molar-refractivity contribution in [3.05, 3.63) is 54.2 Å². The number of benzene rings is 2. The highest BCUT2D eigenvalue weighted by molar-refractivity contribution is 7.99. The summed E-state index contributed by atoms with van der Waals surface area (Å²) in [4.78, 5) is 10.6. The standard InChI is InChI=1S/C22H23N3OS2/c1-27-17-8-10-25(11-9-17)14-15-13-23-20-12-16(6-7-18(15)20)26-22-24-19-4-2-3-5-21(19)28-22/h2-7,12-13,17,23H,8-11,14H2,1H3. The molecule has 144 valence electrons. The van der Waals surface area contributed by atoms with Gasteiger partial charge in [-0.1, -0.05) is 23.5 Å². The van der Waals surface area contributed by atoms with E-state index in [4.69, 9.17) is 4.74 Å². The summed E-state index contributed by atoms with van der Waals surface area (Å²) in [6, 6.07) is 14.4.